The quantitative estimate of drug-likeness (QED) is 0.519. The van der Waals surface area contributed by atoms with Crippen LogP contribution < -0.4 is 10.2 Å². The molecule has 0 aliphatic carbocycles. The molecule has 3 rings (SSSR count). The highest BCUT2D eigenvalue weighted by atomic mass is 32.1. The first kappa shape index (κ1) is 16.0. The summed E-state index contributed by atoms with van der Waals surface area (Å²) in [6.07, 6.45) is 1.53. The van der Waals surface area contributed by atoms with Crippen molar-refractivity contribution in [2.75, 3.05) is 4.90 Å². The molecule has 0 aromatic heterocycles. The molecule has 1 aliphatic heterocycles. The molecule has 0 radical (unpaired) electrons. The Kier molecular flexibility index (Phi) is 4.22. The van der Waals surface area contributed by atoms with Crippen LogP contribution in [0.2, 0.25) is 0 Å². The molecule has 0 unspecified atom stereocenters. The number of anilines is 1. The number of hydrogen-bond acceptors (Lipinski definition) is 3. The third-order valence-electron chi connectivity index (χ3n) is 3.67. The Bertz CT molecular complexity index is 875. The minimum absolute atomic E-state index is 0.0257. The van der Waals surface area contributed by atoms with Crippen LogP contribution in [0.15, 0.2) is 54.1 Å². The Balaban J connectivity index is 2.03. The predicted octanol–water partition coefficient (Wildman–Crippen LogP) is 2.97. The summed E-state index contributed by atoms with van der Waals surface area (Å²) in [4.78, 5) is 26.1. The number of aryl methyl sites for hydroxylation is 1. The Hall–Kier alpha value is -2.86. The number of hydrogen-bond donors (Lipinski definition) is 1. The van der Waals surface area contributed by atoms with Gasteiger partial charge in [0, 0.05) is 0 Å². The summed E-state index contributed by atoms with van der Waals surface area (Å²) in [7, 11) is 0. The fourth-order valence-corrected chi connectivity index (χ4v) is 2.67. The van der Waals surface area contributed by atoms with Gasteiger partial charge >= 0.3 is 0 Å². The molecule has 0 spiro atoms. The zero-order chi connectivity index (χ0) is 17.3. The molecule has 0 atom stereocenters. The van der Waals surface area contributed by atoms with Crippen molar-refractivity contribution in [2.45, 2.75) is 6.92 Å². The number of halogens is 1. The van der Waals surface area contributed by atoms with E-state index in [4.69, 9.17) is 12.2 Å². The van der Waals surface area contributed by atoms with Gasteiger partial charge in [-0.05, 0) is 60.6 Å². The molecule has 1 fully saturated rings. The first-order chi connectivity index (χ1) is 11.5. The summed E-state index contributed by atoms with van der Waals surface area (Å²) >= 11 is 5.09. The molecule has 120 valence electrons. The van der Waals surface area contributed by atoms with Gasteiger partial charge in [-0.25, -0.2) is 4.39 Å². The fourth-order valence-electron chi connectivity index (χ4n) is 2.39. The lowest BCUT2D eigenvalue weighted by molar-refractivity contribution is -0.122. The van der Waals surface area contributed by atoms with Crippen LogP contribution in [0.4, 0.5) is 10.1 Å². The lowest BCUT2D eigenvalue weighted by atomic mass is 10.0. The van der Waals surface area contributed by atoms with E-state index in [1.807, 2.05) is 31.2 Å². The average molecular weight is 340 g/mol. The second-order valence-corrected chi connectivity index (χ2v) is 5.68. The summed E-state index contributed by atoms with van der Waals surface area (Å²) in [5.41, 5.74) is 2.07. The largest absolute Gasteiger partial charge is 0.298 e. The Labute approximate surface area is 143 Å². The molecule has 1 saturated heterocycles. The molecule has 4 nitrogen and oxygen atoms in total. The number of carbonyl (C=O) groups is 2. The topological polar surface area (TPSA) is 49.4 Å². The molecule has 1 heterocycles. The third kappa shape index (κ3) is 2.96. The van der Waals surface area contributed by atoms with Crippen molar-refractivity contribution in [3.8, 4) is 0 Å². The summed E-state index contributed by atoms with van der Waals surface area (Å²) < 4.78 is 13.1. The second kappa shape index (κ2) is 6.33. The van der Waals surface area contributed by atoms with Crippen molar-refractivity contribution in [1.82, 2.24) is 5.32 Å². The van der Waals surface area contributed by atoms with E-state index in [9.17, 15) is 14.0 Å². The van der Waals surface area contributed by atoms with E-state index in [2.05, 4.69) is 5.32 Å². The van der Waals surface area contributed by atoms with Gasteiger partial charge in [-0.2, -0.15) is 0 Å². The Morgan fingerprint density at radius 2 is 1.75 bits per heavy atom. The Morgan fingerprint density at radius 1 is 1.08 bits per heavy atom. The van der Waals surface area contributed by atoms with E-state index >= 15 is 0 Å². The van der Waals surface area contributed by atoms with E-state index in [1.54, 1.807) is 0 Å². The molecule has 2 amide bonds. The van der Waals surface area contributed by atoms with Crippen LogP contribution in [-0.2, 0) is 9.59 Å². The summed E-state index contributed by atoms with van der Waals surface area (Å²) in [5, 5.41) is 2.47. The maximum absolute atomic E-state index is 13.1. The van der Waals surface area contributed by atoms with Crippen LogP contribution in [0.25, 0.3) is 6.08 Å². The first-order valence-electron chi connectivity index (χ1n) is 7.20. The van der Waals surface area contributed by atoms with Crippen molar-refractivity contribution in [1.29, 1.82) is 0 Å². The van der Waals surface area contributed by atoms with Crippen molar-refractivity contribution in [3.05, 3.63) is 71.0 Å². The van der Waals surface area contributed by atoms with Gasteiger partial charge in [-0.3, -0.25) is 19.8 Å². The average Bonchev–Trinajstić information content (AvgIpc) is 2.54. The number of nitrogens with zero attached hydrogens (tertiary/aromatic N) is 1. The second-order valence-electron chi connectivity index (χ2n) is 5.29. The molecular formula is C18H13FN2O2S. The van der Waals surface area contributed by atoms with Gasteiger partial charge in [-0.15, -0.1) is 0 Å². The van der Waals surface area contributed by atoms with Gasteiger partial charge in [0.05, 0.1) is 5.69 Å². The molecule has 6 heteroatoms. The molecule has 0 bridgehead atoms. The van der Waals surface area contributed by atoms with Gasteiger partial charge in [-0.1, -0.05) is 24.3 Å². The first-order valence-corrected chi connectivity index (χ1v) is 7.61. The van der Waals surface area contributed by atoms with Crippen LogP contribution in [0.5, 0.6) is 0 Å². The number of thiocarbonyl (C=S) groups is 1. The lowest BCUT2D eigenvalue weighted by Gasteiger charge is -2.29. The van der Waals surface area contributed by atoms with E-state index < -0.39 is 17.6 Å². The van der Waals surface area contributed by atoms with Crippen LogP contribution in [0.3, 0.4) is 0 Å². The smallest absolute Gasteiger partial charge is 0.270 e. The minimum atomic E-state index is -0.549. The van der Waals surface area contributed by atoms with Crippen LogP contribution in [-0.4, -0.2) is 16.9 Å². The third-order valence-corrected chi connectivity index (χ3v) is 3.96. The van der Waals surface area contributed by atoms with Gasteiger partial charge in [0.2, 0.25) is 0 Å². The zero-order valence-electron chi connectivity index (χ0n) is 12.7. The minimum Gasteiger partial charge on any atom is -0.298 e. The highest BCUT2D eigenvalue weighted by molar-refractivity contribution is 7.80. The number of amides is 2. The monoisotopic (exact) mass is 340 g/mol. The van der Waals surface area contributed by atoms with Crippen molar-refractivity contribution in [3.63, 3.8) is 0 Å². The van der Waals surface area contributed by atoms with E-state index in [1.165, 1.54) is 35.2 Å². The fraction of sp³-hybridized carbons (Fsp3) is 0.0556. The molecule has 1 aliphatic rings. The SMILES string of the molecule is Cc1ccccc1C=C1C(=O)NC(=S)N(c2ccc(F)cc2)C1=O. The maximum Gasteiger partial charge on any atom is 0.270 e. The van der Waals surface area contributed by atoms with Crippen LogP contribution in [0, 0.1) is 12.7 Å². The highest BCUT2D eigenvalue weighted by Crippen LogP contribution is 2.23. The van der Waals surface area contributed by atoms with E-state index in [0.717, 1.165) is 11.1 Å². The maximum atomic E-state index is 13.1. The number of carbonyl (C=O) groups excluding carboxylic acids is 2. The molecule has 24 heavy (non-hydrogen) atoms. The molecular weight excluding hydrogens is 327 g/mol. The van der Waals surface area contributed by atoms with Gasteiger partial charge in [0.25, 0.3) is 11.8 Å². The van der Waals surface area contributed by atoms with Gasteiger partial charge in [0.15, 0.2) is 5.11 Å². The number of rotatable bonds is 2. The molecule has 2 aromatic rings. The normalized spacial score (nSPS) is 16.5. The van der Waals surface area contributed by atoms with Crippen molar-refractivity contribution < 1.29 is 14.0 Å². The van der Waals surface area contributed by atoms with Gasteiger partial charge < -0.3 is 0 Å². The van der Waals surface area contributed by atoms with Crippen LogP contribution >= 0.6 is 12.2 Å². The van der Waals surface area contributed by atoms with Crippen LogP contribution in [0.1, 0.15) is 11.1 Å². The van der Waals surface area contributed by atoms with Gasteiger partial charge in [0.1, 0.15) is 11.4 Å². The predicted molar refractivity (Wildman–Crippen MR) is 93.8 cm³/mol. The lowest BCUT2D eigenvalue weighted by Crippen LogP contribution is -2.54. The molecule has 0 saturated carbocycles. The summed E-state index contributed by atoms with van der Waals surface area (Å²) in [5.74, 6) is -1.51. The van der Waals surface area contributed by atoms with Crippen molar-refractivity contribution >= 4 is 40.9 Å². The number of nitrogens with one attached hydrogen (secondary N) is 1. The summed E-state index contributed by atoms with van der Waals surface area (Å²) in [6, 6.07) is 12.7. The van der Waals surface area contributed by atoms with E-state index in [0.29, 0.717) is 5.69 Å². The zero-order valence-corrected chi connectivity index (χ0v) is 13.6. The summed E-state index contributed by atoms with van der Waals surface area (Å²) in [6.45, 7) is 1.89. The standard InChI is InChI=1S/C18H13FN2O2S/c1-11-4-2-3-5-12(11)10-15-16(22)20-18(24)21(17(15)23)14-8-6-13(19)7-9-14/h2-10H,1H3,(H,20,22,24). The Morgan fingerprint density at radius 3 is 2.42 bits per heavy atom. The van der Waals surface area contributed by atoms with Crippen molar-refractivity contribution in [2.24, 2.45) is 0 Å². The highest BCUT2D eigenvalue weighted by Gasteiger charge is 2.34. The van der Waals surface area contributed by atoms with E-state index in [-0.39, 0.29) is 10.7 Å². The number of benzene rings is 2. The molecule has 2 aromatic carbocycles. The molecule has 1 N–H and O–H groups in total.